The van der Waals surface area contributed by atoms with Crippen LogP contribution in [0.25, 0.3) is 11.4 Å². The van der Waals surface area contributed by atoms with Crippen molar-refractivity contribution < 1.29 is 56.3 Å². The second-order valence-corrected chi connectivity index (χ2v) is 10.2. The Labute approximate surface area is 315 Å². The smallest absolute Gasteiger partial charge is 0.505 e. The largest absolute Gasteiger partial charge is 1.00 e. The molecule has 0 saturated carbocycles. The summed E-state index contributed by atoms with van der Waals surface area (Å²) in [6.07, 6.45) is 0. The van der Waals surface area contributed by atoms with Crippen molar-refractivity contribution in [1.82, 2.24) is 19.6 Å². The van der Waals surface area contributed by atoms with Crippen LogP contribution in [0, 0.1) is 34.1 Å². The van der Waals surface area contributed by atoms with E-state index < -0.39 is 32.5 Å². The maximum Gasteiger partial charge on any atom is 1.00 e. The number of nitro benzene ring substituents is 2. The fourth-order valence-corrected chi connectivity index (χ4v) is 4.34. The number of nitrogens with zero attached hydrogens (tertiary/aromatic N) is 10. The molecule has 2 heterocycles. The van der Waals surface area contributed by atoms with Gasteiger partial charge in [-0.15, -0.1) is 11.4 Å². The van der Waals surface area contributed by atoms with Crippen LogP contribution in [0.5, 0.6) is 11.5 Å². The van der Waals surface area contributed by atoms with Crippen LogP contribution in [0.15, 0.2) is 127 Å². The Kier molecular flexibility index (Phi) is 13.5. The maximum absolute atomic E-state index is 12.4. The van der Waals surface area contributed by atoms with E-state index in [9.17, 15) is 40.0 Å². The first-order valence-corrected chi connectivity index (χ1v) is 14.4. The number of rotatable bonds is 8. The van der Waals surface area contributed by atoms with E-state index >= 15 is 0 Å². The molecule has 0 unspecified atom stereocenters. The fourth-order valence-electron chi connectivity index (χ4n) is 4.34. The Hall–Kier alpha value is -6.37. The van der Waals surface area contributed by atoms with Crippen molar-refractivity contribution in [3.8, 4) is 22.9 Å². The first kappa shape index (κ1) is 40.1. The van der Waals surface area contributed by atoms with E-state index in [0.29, 0.717) is 22.8 Å². The molecule has 258 valence electrons. The van der Waals surface area contributed by atoms with Gasteiger partial charge < -0.3 is 30.0 Å². The number of azo groups is 2. The van der Waals surface area contributed by atoms with Crippen LogP contribution in [-0.2, 0) is 17.4 Å². The molecule has 0 amide bonds. The van der Waals surface area contributed by atoms with Crippen LogP contribution in [0.3, 0.4) is 0 Å². The van der Waals surface area contributed by atoms with E-state index in [-0.39, 0.29) is 70.3 Å². The van der Waals surface area contributed by atoms with Crippen LogP contribution in [0.2, 0.25) is 0 Å². The number of para-hydroxylation sites is 2. The number of aromatic hydroxyl groups is 2. The number of hydrogen-bond acceptors (Lipinski definition) is 14. The fraction of sp³-hybridized carbons (Fsp3) is 0.0625. The van der Waals surface area contributed by atoms with Crippen molar-refractivity contribution in [2.45, 2.75) is 13.8 Å². The zero-order valence-corrected chi connectivity index (χ0v) is 28.7. The third-order valence-electron chi connectivity index (χ3n) is 6.83. The van der Waals surface area contributed by atoms with E-state index in [1.165, 1.54) is 33.6 Å². The van der Waals surface area contributed by atoms with E-state index in [4.69, 9.17) is 0 Å². The van der Waals surface area contributed by atoms with Gasteiger partial charge in [0.05, 0.1) is 33.4 Å². The summed E-state index contributed by atoms with van der Waals surface area (Å²) in [5.41, 5.74) is 0.575. The van der Waals surface area contributed by atoms with Crippen molar-refractivity contribution in [3.05, 3.63) is 149 Å². The molecule has 4 aromatic carbocycles. The van der Waals surface area contributed by atoms with Crippen molar-refractivity contribution in [1.29, 1.82) is 0 Å². The van der Waals surface area contributed by atoms with E-state index in [1.807, 2.05) is 12.1 Å². The number of aromatic nitrogens is 4. The summed E-state index contributed by atoms with van der Waals surface area (Å²) in [7, 11) is 0. The molecule has 2 N–H and O–H groups in total. The molecule has 6 rings (SSSR count). The van der Waals surface area contributed by atoms with Crippen molar-refractivity contribution >= 4 is 34.1 Å². The van der Waals surface area contributed by atoms with Crippen molar-refractivity contribution in [2.75, 3.05) is 0 Å². The molecule has 0 atom stereocenters. The molecular weight excluding hydrogens is 711 g/mol. The molecule has 0 saturated heterocycles. The Bertz CT molecular complexity index is 2220. The van der Waals surface area contributed by atoms with E-state index in [0.717, 1.165) is 12.1 Å². The number of aryl methyl sites for hydroxylation is 2. The molecule has 0 aliphatic rings. The van der Waals surface area contributed by atoms with Gasteiger partial charge in [-0.1, -0.05) is 61.6 Å². The van der Waals surface area contributed by atoms with Crippen LogP contribution in [0.1, 0.15) is 11.4 Å². The monoisotopic (exact) mass is 735 g/mol. The molecular formula is C32H24CrLiN10O8-. The van der Waals surface area contributed by atoms with Gasteiger partial charge in [0, 0.05) is 29.5 Å². The summed E-state index contributed by atoms with van der Waals surface area (Å²) in [5.74, 6) is -0.808. The number of non-ortho nitro benzene ring substituents is 2. The summed E-state index contributed by atoms with van der Waals surface area (Å²) in [4.78, 5) is 44.9. The number of benzene rings is 4. The van der Waals surface area contributed by atoms with Gasteiger partial charge in [-0.05, 0) is 36.4 Å². The predicted molar refractivity (Wildman–Crippen MR) is 178 cm³/mol. The van der Waals surface area contributed by atoms with Gasteiger partial charge in [0.1, 0.15) is 34.0 Å². The van der Waals surface area contributed by atoms with Crippen LogP contribution < -0.4 is 30.0 Å². The zero-order valence-electron chi connectivity index (χ0n) is 27.5. The molecule has 0 aliphatic carbocycles. The third-order valence-corrected chi connectivity index (χ3v) is 6.83. The van der Waals surface area contributed by atoms with E-state index in [1.54, 1.807) is 62.4 Å². The van der Waals surface area contributed by atoms with Gasteiger partial charge in [-0.25, -0.2) is 19.6 Å². The molecule has 18 nitrogen and oxygen atoms in total. The second-order valence-electron chi connectivity index (χ2n) is 10.2. The second kappa shape index (κ2) is 17.5. The van der Waals surface area contributed by atoms with Gasteiger partial charge in [0.25, 0.3) is 11.4 Å². The molecule has 6 aromatic rings. The quantitative estimate of drug-likeness (QED) is 0.0756. The topological polar surface area (TPSA) is 246 Å². The summed E-state index contributed by atoms with van der Waals surface area (Å²) < 4.78 is 2.42. The Balaban J connectivity index is 0.000000270. The van der Waals surface area contributed by atoms with Crippen LogP contribution in [-0.4, -0.2) is 39.6 Å². The standard InChI is InChI=1S/2C16H12N5O4.Cr.Li/c2*1-10-15(16(23)20(19-10)11-5-3-2-4-6-11)18-17-13-8-7-12(21(24)25)9-14(13)22;;/h2*2-9,22H,1H3;;/q2*-1;;+1. The molecule has 52 heavy (non-hydrogen) atoms. The molecule has 2 aromatic heterocycles. The maximum atomic E-state index is 12.4. The van der Waals surface area contributed by atoms with Gasteiger partial charge in [-0.3, -0.25) is 20.2 Å². The molecule has 20 heteroatoms. The predicted octanol–water partition coefficient (Wildman–Crippen LogP) is 3.58. The number of phenolic OH excluding ortho intramolecular Hbond substituents is 2. The average molecular weight is 736 g/mol. The Morgan fingerprint density at radius 1 is 0.635 bits per heavy atom. The number of nitro groups is 2. The van der Waals surface area contributed by atoms with Crippen molar-refractivity contribution in [3.63, 3.8) is 0 Å². The molecule has 0 radical (unpaired) electrons. The van der Waals surface area contributed by atoms with Crippen LogP contribution in [0.4, 0.5) is 34.1 Å². The van der Waals surface area contributed by atoms with Gasteiger partial charge in [0.15, 0.2) is 0 Å². The molecule has 0 bridgehead atoms. The zero-order chi connectivity index (χ0) is 35.9. The average Bonchev–Trinajstić information content (AvgIpc) is 3.56. The van der Waals surface area contributed by atoms with Gasteiger partial charge >= 0.3 is 18.9 Å². The summed E-state index contributed by atoms with van der Waals surface area (Å²) in [6.45, 7) is 3.23. The Morgan fingerprint density at radius 2 is 0.981 bits per heavy atom. The van der Waals surface area contributed by atoms with Gasteiger partial charge in [-0.2, -0.15) is 10.2 Å². The summed E-state index contributed by atoms with van der Waals surface area (Å²) in [6, 6.07) is 24.5. The van der Waals surface area contributed by atoms with Gasteiger partial charge in [0.2, 0.25) is 0 Å². The Morgan fingerprint density at radius 3 is 1.29 bits per heavy atom. The summed E-state index contributed by atoms with van der Waals surface area (Å²) >= 11 is 0. The molecule has 0 fully saturated rings. The molecule has 0 aliphatic heterocycles. The minimum atomic E-state index is -0.634. The number of phenols is 2. The third kappa shape index (κ3) is 9.04. The first-order chi connectivity index (χ1) is 23.9. The van der Waals surface area contributed by atoms with E-state index in [2.05, 4.69) is 30.7 Å². The summed E-state index contributed by atoms with van der Waals surface area (Å²) in [5, 5.41) is 64.5. The minimum Gasteiger partial charge on any atom is -0.505 e. The first-order valence-electron chi connectivity index (χ1n) is 14.4. The normalized spacial score (nSPS) is 10.7. The molecule has 0 spiro atoms. The SMILES string of the molecule is Cc1nn(-c2ccccc2)c(=O)[c-]1N=Nc1ccc([N+](=O)[O-])cc1O.Cc1nn(-c2ccccc2)c(=O)[c-]1N=Nc1ccc([N+](=O)[O-])cc1O.[Cr].[Li+]. The minimum absolute atomic E-state index is 0. The van der Waals surface area contributed by atoms with Crippen LogP contribution >= 0.6 is 0 Å². The van der Waals surface area contributed by atoms with Crippen molar-refractivity contribution in [2.24, 2.45) is 20.5 Å². The number of hydrogen-bond donors (Lipinski definition) is 2.